The summed E-state index contributed by atoms with van der Waals surface area (Å²) >= 11 is 0. The van der Waals surface area contributed by atoms with Crippen molar-refractivity contribution < 1.29 is 9.90 Å². The average Bonchev–Trinajstić information content (AvgIpc) is 2.78. The lowest BCUT2D eigenvalue weighted by molar-refractivity contribution is -0.138. The van der Waals surface area contributed by atoms with Gasteiger partial charge >= 0.3 is 5.97 Å². The van der Waals surface area contributed by atoms with E-state index in [1.807, 2.05) is 30.3 Å². The van der Waals surface area contributed by atoms with Crippen LogP contribution >= 0.6 is 0 Å². The Kier molecular flexibility index (Phi) is 2.72. The maximum absolute atomic E-state index is 10.8. The predicted octanol–water partition coefficient (Wildman–Crippen LogP) is 2.26. The lowest BCUT2D eigenvalue weighted by atomic mass is 10.1. The van der Waals surface area contributed by atoms with Gasteiger partial charge in [0.25, 0.3) is 0 Å². The molecule has 1 aromatic heterocycles. The number of nitrogens with one attached hydrogen (secondary N) is 1. The Morgan fingerprint density at radius 2 is 2.06 bits per heavy atom. The fraction of sp³-hybridized carbons (Fsp3) is 0.167. The van der Waals surface area contributed by atoms with Gasteiger partial charge in [0.1, 0.15) is 0 Å². The molecule has 1 atom stereocenters. The average molecular weight is 216 g/mol. The van der Waals surface area contributed by atoms with Gasteiger partial charge in [-0.05, 0) is 13.0 Å². The minimum absolute atomic E-state index is 0.565. The van der Waals surface area contributed by atoms with Crippen molar-refractivity contribution in [1.29, 1.82) is 0 Å². The number of aromatic nitrogens is 2. The summed E-state index contributed by atoms with van der Waals surface area (Å²) in [5, 5.41) is 15.7. The highest BCUT2D eigenvalue weighted by molar-refractivity contribution is 5.75. The Labute approximate surface area is 92.9 Å². The number of hydrogen-bond acceptors (Lipinski definition) is 2. The highest BCUT2D eigenvalue weighted by Crippen LogP contribution is 2.21. The van der Waals surface area contributed by atoms with Gasteiger partial charge in [-0.25, -0.2) is 0 Å². The Morgan fingerprint density at radius 3 is 2.69 bits per heavy atom. The van der Waals surface area contributed by atoms with Gasteiger partial charge < -0.3 is 5.11 Å². The van der Waals surface area contributed by atoms with Crippen LogP contribution in [0.25, 0.3) is 11.3 Å². The molecular formula is C12H12N2O2. The van der Waals surface area contributed by atoms with Crippen LogP contribution in [-0.4, -0.2) is 21.3 Å². The number of H-pyrrole nitrogens is 1. The van der Waals surface area contributed by atoms with Crippen LogP contribution in [0, 0.1) is 0 Å². The molecule has 0 aliphatic rings. The third-order valence-corrected chi connectivity index (χ3v) is 2.50. The standard InChI is InChI=1S/C12H12N2O2/c1-8(12(15)16)10-7-11(14-13-10)9-5-3-2-4-6-9/h2-8H,1H3,(H,13,14)(H,15,16). The molecule has 4 heteroatoms. The minimum atomic E-state index is -0.858. The molecule has 0 saturated carbocycles. The van der Waals surface area contributed by atoms with Gasteiger partial charge in [0, 0.05) is 11.3 Å². The first-order valence-corrected chi connectivity index (χ1v) is 5.02. The van der Waals surface area contributed by atoms with Gasteiger partial charge in [-0.15, -0.1) is 0 Å². The zero-order valence-corrected chi connectivity index (χ0v) is 8.84. The van der Waals surface area contributed by atoms with Gasteiger partial charge in [-0.1, -0.05) is 30.3 Å². The van der Waals surface area contributed by atoms with Gasteiger partial charge in [0.2, 0.25) is 0 Å². The monoisotopic (exact) mass is 216 g/mol. The first kappa shape index (κ1) is 10.4. The lowest BCUT2D eigenvalue weighted by Gasteiger charge is -2.00. The first-order chi connectivity index (χ1) is 7.68. The Balaban J connectivity index is 2.30. The molecule has 2 rings (SSSR count). The summed E-state index contributed by atoms with van der Waals surface area (Å²) in [6.07, 6.45) is 0. The molecule has 4 nitrogen and oxygen atoms in total. The Morgan fingerprint density at radius 1 is 1.38 bits per heavy atom. The number of carbonyl (C=O) groups is 1. The molecule has 0 bridgehead atoms. The van der Waals surface area contributed by atoms with Crippen LogP contribution in [-0.2, 0) is 4.79 Å². The summed E-state index contributed by atoms with van der Waals surface area (Å²) in [6, 6.07) is 11.4. The van der Waals surface area contributed by atoms with Crippen LogP contribution in [0.15, 0.2) is 36.4 Å². The van der Waals surface area contributed by atoms with E-state index >= 15 is 0 Å². The number of benzene rings is 1. The summed E-state index contributed by atoms with van der Waals surface area (Å²) < 4.78 is 0. The van der Waals surface area contributed by atoms with E-state index in [1.54, 1.807) is 13.0 Å². The zero-order valence-electron chi connectivity index (χ0n) is 8.84. The smallest absolute Gasteiger partial charge is 0.312 e. The highest BCUT2D eigenvalue weighted by Gasteiger charge is 2.16. The van der Waals surface area contributed by atoms with Crippen molar-refractivity contribution in [3.8, 4) is 11.3 Å². The molecule has 2 aromatic rings. The van der Waals surface area contributed by atoms with E-state index in [0.29, 0.717) is 5.69 Å². The number of carboxylic acid groups (broad SMARTS) is 1. The predicted molar refractivity (Wildman–Crippen MR) is 60.1 cm³/mol. The van der Waals surface area contributed by atoms with E-state index in [0.717, 1.165) is 11.3 Å². The molecule has 0 spiro atoms. The third kappa shape index (κ3) is 1.95. The van der Waals surface area contributed by atoms with Crippen LogP contribution < -0.4 is 0 Å². The molecule has 0 saturated heterocycles. The van der Waals surface area contributed by atoms with Crippen LogP contribution in [0.1, 0.15) is 18.5 Å². The van der Waals surface area contributed by atoms with E-state index in [9.17, 15) is 4.79 Å². The SMILES string of the molecule is CC(C(=O)O)c1cc(-c2ccccc2)n[nH]1. The number of rotatable bonds is 3. The molecular weight excluding hydrogens is 204 g/mol. The van der Waals surface area contributed by atoms with E-state index < -0.39 is 11.9 Å². The van der Waals surface area contributed by atoms with Crippen LogP contribution in [0.5, 0.6) is 0 Å². The van der Waals surface area contributed by atoms with Crippen LogP contribution in [0.3, 0.4) is 0 Å². The number of hydrogen-bond donors (Lipinski definition) is 2. The molecule has 2 N–H and O–H groups in total. The number of aliphatic carboxylic acids is 1. The normalized spacial score (nSPS) is 12.3. The number of aromatic amines is 1. The maximum Gasteiger partial charge on any atom is 0.312 e. The largest absolute Gasteiger partial charge is 0.481 e. The zero-order chi connectivity index (χ0) is 11.5. The number of nitrogens with zero attached hydrogens (tertiary/aromatic N) is 1. The van der Waals surface area contributed by atoms with Crippen molar-refractivity contribution >= 4 is 5.97 Å². The van der Waals surface area contributed by atoms with Gasteiger partial charge in [-0.3, -0.25) is 9.89 Å². The van der Waals surface area contributed by atoms with E-state index in [4.69, 9.17) is 5.11 Å². The van der Waals surface area contributed by atoms with Gasteiger partial charge in [0.15, 0.2) is 0 Å². The fourth-order valence-corrected chi connectivity index (χ4v) is 1.45. The molecule has 0 fully saturated rings. The second kappa shape index (κ2) is 4.18. The molecule has 0 aliphatic heterocycles. The summed E-state index contributed by atoms with van der Waals surface area (Å²) in [5.74, 6) is -1.42. The minimum Gasteiger partial charge on any atom is -0.481 e. The summed E-state index contributed by atoms with van der Waals surface area (Å²) in [7, 11) is 0. The number of carboxylic acids is 1. The molecule has 1 aromatic carbocycles. The first-order valence-electron chi connectivity index (χ1n) is 5.02. The van der Waals surface area contributed by atoms with Gasteiger partial charge in [0.05, 0.1) is 11.6 Å². The topological polar surface area (TPSA) is 66.0 Å². The maximum atomic E-state index is 10.8. The summed E-state index contributed by atoms with van der Waals surface area (Å²) in [6.45, 7) is 1.63. The lowest BCUT2D eigenvalue weighted by Crippen LogP contribution is -2.07. The molecule has 1 heterocycles. The highest BCUT2D eigenvalue weighted by atomic mass is 16.4. The fourth-order valence-electron chi connectivity index (χ4n) is 1.45. The second-order valence-corrected chi connectivity index (χ2v) is 3.63. The van der Waals surface area contributed by atoms with Crippen molar-refractivity contribution in [2.45, 2.75) is 12.8 Å². The molecule has 0 radical (unpaired) electrons. The third-order valence-electron chi connectivity index (χ3n) is 2.50. The van der Waals surface area contributed by atoms with Crippen molar-refractivity contribution in [3.63, 3.8) is 0 Å². The Hall–Kier alpha value is -2.10. The van der Waals surface area contributed by atoms with Crippen molar-refractivity contribution in [3.05, 3.63) is 42.1 Å². The molecule has 16 heavy (non-hydrogen) atoms. The molecule has 82 valence electrons. The molecule has 0 aliphatic carbocycles. The van der Waals surface area contributed by atoms with Crippen molar-refractivity contribution in [1.82, 2.24) is 10.2 Å². The van der Waals surface area contributed by atoms with E-state index in [-0.39, 0.29) is 0 Å². The molecule has 1 unspecified atom stereocenters. The van der Waals surface area contributed by atoms with Crippen LogP contribution in [0.4, 0.5) is 0 Å². The Bertz CT molecular complexity index is 491. The van der Waals surface area contributed by atoms with E-state index in [1.165, 1.54) is 0 Å². The quantitative estimate of drug-likeness (QED) is 0.827. The van der Waals surface area contributed by atoms with E-state index in [2.05, 4.69) is 10.2 Å². The second-order valence-electron chi connectivity index (χ2n) is 3.63. The van der Waals surface area contributed by atoms with Crippen molar-refractivity contribution in [2.75, 3.05) is 0 Å². The van der Waals surface area contributed by atoms with Crippen LogP contribution in [0.2, 0.25) is 0 Å². The molecule has 0 amide bonds. The summed E-state index contributed by atoms with van der Waals surface area (Å²) in [4.78, 5) is 10.8. The van der Waals surface area contributed by atoms with Gasteiger partial charge in [-0.2, -0.15) is 5.10 Å². The summed E-state index contributed by atoms with van der Waals surface area (Å²) in [5.41, 5.74) is 2.36. The van der Waals surface area contributed by atoms with Crippen molar-refractivity contribution in [2.24, 2.45) is 0 Å².